The highest BCUT2D eigenvalue weighted by Crippen LogP contribution is 2.25. The Labute approximate surface area is 135 Å². The maximum absolute atomic E-state index is 12.0. The van der Waals surface area contributed by atoms with Crippen LogP contribution in [-0.2, 0) is 11.2 Å². The minimum atomic E-state index is -1.14. The molecule has 0 spiro atoms. The zero-order chi connectivity index (χ0) is 16.3. The van der Waals surface area contributed by atoms with E-state index in [1.807, 2.05) is 6.92 Å². The molecule has 0 aliphatic rings. The molecule has 0 unspecified atom stereocenters. The molecule has 0 aliphatic heterocycles. The Balaban J connectivity index is 2.39. The van der Waals surface area contributed by atoms with Crippen molar-refractivity contribution >= 4 is 35.1 Å². The molecule has 1 aromatic heterocycles. The molecule has 7 nitrogen and oxygen atoms in total. The van der Waals surface area contributed by atoms with Crippen LogP contribution in [0.15, 0.2) is 18.2 Å². The molecule has 9 heteroatoms. The van der Waals surface area contributed by atoms with E-state index in [0.717, 1.165) is 0 Å². The number of aromatic nitrogens is 3. The van der Waals surface area contributed by atoms with E-state index in [1.165, 1.54) is 4.68 Å². The van der Waals surface area contributed by atoms with Crippen molar-refractivity contribution in [3.63, 3.8) is 0 Å². The number of hydrogen-bond acceptors (Lipinski definition) is 4. The first-order valence-corrected chi connectivity index (χ1v) is 7.09. The van der Waals surface area contributed by atoms with E-state index in [-0.39, 0.29) is 5.69 Å². The van der Waals surface area contributed by atoms with Crippen LogP contribution >= 0.6 is 23.2 Å². The molecule has 1 amide bonds. The van der Waals surface area contributed by atoms with Crippen LogP contribution in [0.2, 0.25) is 10.0 Å². The fraction of sp³-hybridized carbons (Fsp3) is 0.231. The predicted molar refractivity (Wildman–Crippen MR) is 80.7 cm³/mol. The first-order valence-electron chi connectivity index (χ1n) is 6.34. The molecule has 22 heavy (non-hydrogen) atoms. The number of nitrogens with one attached hydrogen (secondary N) is 1. The maximum Gasteiger partial charge on any atom is 0.322 e. The molecule has 0 aliphatic carbocycles. The zero-order valence-electron chi connectivity index (χ0n) is 11.5. The maximum atomic E-state index is 12.0. The molecule has 0 saturated carbocycles. The third kappa shape index (κ3) is 3.37. The van der Waals surface area contributed by atoms with Gasteiger partial charge in [0.25, 0.3) is 5.91 Å². The Morgan fingerprint density at radius 1 is 1.36 bits per heavy atom. The second kappa shape index (κ2) is 6.76. The second-order valence-electron chi connectivity index (χ2n) is 4.32. The highest BCUT2D eigenvalue weighted by Gasteiger charge is 2.20. The van der Waals surface area contributed by atoms with Crippen molar-refractivity contribution in [3.8, 4) is 5.69 Å². The van der Waals surface area contributed by atoms with Gasteiger partial charge >= 0.3 is 5.97 Å². The minimum absolute atomic E-state index is 0.0646. The monoisotopic (exact) mass is 342 g/mol. The fourth-order valence-electron chi connectivity index (χ4n) is 1.88. The lowest BCUT2D eigenvalue weighted by Crippen LogP contribution is -2.30. The van der Waals surface area contributed by atoms with Crippen molar-refractivity contribution in [1.82, 2.24) is 20.3 Å². The van der Waals surface area contributed by atoms with E-state index in [9.17, 15) is 9.59 Å². The summed E-state index contributed by atoms with van der Waals surface area (Å²) in [4.78, 5) is 22.5. The van der Waals surface area contributed by atoms with Crippen LogP contribution < -0.4 is 5.32 Å². The van der Waals surface area contributed by atoms with Crippen LogP contribution in [0.1, 0.15) is 23.1 Å². The van der Waals surface area contributed by atoms with Crippen molar-refractivity contribution < 1.29 is 14.7 Å². The molecule has 0 bridgehead atoms. The lowest BCUT2D eigenvalue weighted by molar-refractivity contribution is -0.135. The number of nitrogens with zero attached hydrogens (tertiary/aromatic N) is 3. The van der Waals surface area contributed by atoms with Gasteiger partial charge in [-0.05, 0) is 24.6 Å². The van der Waals surface area contributed by atoms with Gasteiger partial charge in [-0.15, -0.1) is 5.10 Å². The number of rotatable bonds is 5. The van der Waals surface area contributed by atoms with Crippen LogP contribution in [0.5, 0.6) is 0 Å². The topological polar surface area (TPSA) is 97.1 Å². The number of carboxylic acids is 1. The van der Waals surface area contributed by atoms with Crippen LogP contribution in [0, 0.1) is 0 Å². The highest BCUT2D eigenvalue weighted by atomic mass is 35.5. The third-order valence-electron chi connectivity index (χ3n) is 2.85. The van der Waals surface area contributed by atoms with E-state index in [0.29, 0.717) is 27.8 Å². The molecule has 2 rings (SSSR count). The van der Waals surface area contributed by atoms with Gasteiger partial charge in [0.15, 0.2) is 5.69 Å². The first kappa shape index (κ1) is 16.3. The predicted octanol–water partition coefficient (Wildman–Crippen LogP) is 1.95. The van der Waals surface area contributed by atoms with Crippen LogP contribution in [0.4, 0.5) is 0 Å². The van der Waals surface area contributed by atoms with Crippen LogP contribution in [-0.4, -0.2) is 38.5 Å². The Kier molecular flexibility index (Phi) is 4.99. The van der Waals surface area contributed by atoms with Gasteiger partial charge < -0.3 is 10.4 Å². The first-order chi connectivity index (χ1) is 10.4. The number of carboxylic acid groups (broad SMARTS) is 1. The standard InChI is InChI=1S/C13H12Cl2N4O3/c1-2-9-12(13(22)16-6-11(20)21)17-18-19(9)10-4-3-7(14)5-8(10)15/h3-5H,2,6H2,1H3,(H,16,22)(H,20,21). The quantitative estimate of drug-likeness (QED) is 0.865. The summed E-state index contributed by atoms with van der Waals surface area (Å²) >= 11 is 12.0. The van der Waals surface area contributed by atoms with E-state index < -0.39 is 18.4 Å². The number of carbonyl (C=O) groups excluding carboxylic acids is 1. The highest BCUT2D eigenvalue weighted by molar-refractivity contribution is 6.35. The molecule has 1 aromatic carbocycles. The summed E-state index contributed by atoms with van der Waals surface area (Å²) < 4.78 is 1.44. The summed E-state index contributed by atoms with van der Waals surface area (Å²) in [6.45, 7) is 1.34. The van der Waals surface area contributed by atoms with E-state index in [2.05, 4.69) is 15.6 Å². The molecule has 2 aromatic rings. The van der Waals surface area contributed by atoms with Gasteiger partial charge in [-0.3, -0.25) is 9.59 Å². The summed E-state index contributed by atoms with van der Waals surface area (Å²) in [5.41, 5.74) is 1.12. The summed E-state index contributed by atoms with van der Waals surface area (Å²) in [6, 6.07) is 4.87. The lowest BCUT2D eigenvalue weighted by atomic mass is 10.2. The Hall–Kier alpha value is -2.12. The molecule has 0 saturated heterocycles. The summed E-state index contributed by atoms with van der Waals surface area (Å²) in [5, 5.41) is 19.4. The summed E-state index contributed by atoms with van der Waals surface area (Å²) in [7, 11) is 0. The molecular weight excluding hydrogens is 331 g/mol. The van der Waals surface area contributed by atoms with Gasteiger partial charge in [-0.25, -0.2) is 4.68 Å². The van der Waals surface area contributed by atoms with E-state index in [1.54, 1.807) is 18.2 Å². The second-order valence-corrected chi connectivity index (χ2v) is 5.17. The zero-order valence-corrected chi connectivity index (χ0v) is 13.0. The molecule has 2 N–H and O–H groups in total. The van der Waals surface area contributed by atoms with Crippen molar-refractivity contribution in [1.29, 1.82) is 0 Å². The van der Waals surface area contributed by atoms with Crippen molar-refractivity contribution in [3.05, 3.63) is 39.6 Å². The van der Waals surface area contributed by atoms with Gasteiger partial charge in [0.05, 0.1) is 16.4 Å². The summed E-state index contributed by atoms with van der Waals surface area (Å²) in [5.74, 6) is -1.74. The van der Waals surface area contributed by atoms with Gasteiger partial charge in [-0.2, -0.15) is 0 Å². The Morgan fingerprint density at radius 3 is 2.68 bits per heavy atom. The largest absolute Gasteiger partial charge is 0.480 e. The van der Waals surface area contributed by atoms with Gasteiger partial charge in [0, 0.05) is 5.02 Å². The van der Waals surface area contributed by atoms with Gasteiger partial charge in [0.2, 0.25) is 0 Å². The number of halogens is 2. The average Bonchev–Trinajstić information content (AvgIpc) is 2.88. The van der Waals surface area contributed by atoms with Crippen LogP contribution in [0.3, 0.4) is 0 Å². The number of carbonyl (C=O) groups is 2. The number of aliphatic carboxylic acids is 1. The average molecular weight is 343 g/mol. The molecule has 0 atom stereocenters. The molecular formula is C13H12Cl2N4O3. The van der Waals surface area contributed by atoms with Crippen molar-refractivity contribution in [2.24, 2.45) is 0 Å². The molecule has 0 fully saturated rings. The normalized spacial score (nSPS) is 10.5. The Morgan fingerprint density at radius 2 is 2.09 bits per heavy atom. The van der Waals surface area contributed by atoms with Gasteiger partial charge in [-0.1, -0.05) is 35.3 Å². The van der Waals surface area contributed by atoms with E-state index in [4.69, 9.17) is 28.3 Å². The van der Waals surface area contributed by atoms with Crippen LogP contribution in [0.25, 0.3) is 5.69 Å². The smallest absolute Gasteiger partial charge is 0.322 e. The van der Waals surface area contributed by atoms with Crippen molar-refractivity contribution in [2.75, 3.05) is 6.54 Å². The number of benzene rings is 1. The van der Waals surface area contributed by atoms with E-state index >= 15 is 0 Å². The fourth-order valence-corrected chi connectivity index (χ4v) is 2.37. The Bertz CT molecular complexity index is 730. The molecule has 1 heterocycles. The third-order valence-corrected chi connectivity index (χ3v) is 3.39. The lowest BCUT2D eigenvalue weighted by Gasteiger charge is -2.08. The SMILES string of the molecule is CCc1c(C(=O)NCC(=O)O)nnn1-c1ccc(Cl)cc1Cl. The minimum Gasteiger partial charge on any atom is -0.480 e. The molecule has 0 radical (unpaired) electrons. The van der Waals surface area contributed by atoms with Gasteiger partial charge in [0.1, 0.15) is 6.54 Å². The number of hydrogen-bond donors (Lipinski definition) is 2. The summed E-state index contributed by atoms with van der Waals surface area (Å²) in [6.07, 6.45) is 0.460. The number of amides is 1. The van der Waals surface area contributed by atoms with Crippen molar-refractivity contribution in [2.45, 2.75) is 13.3 Å². The molecule has 116 valence electrons.